The molecule has 0 saturated carbocycles. The first kappa shape index (κ1) is 38.7. The minimum absolute atomic E-state index is 0.355. The van der Waals surface area contributed by atoms with Gasteiger partial charge in [-0.05, 0) is 76.8 Å². The van der Waals surface area contributed by atoms with Crippen molar-refractivity contribution in [2.24, 2.45) is 0 Å². The van der Waals surface area contributed by atoms with Crippen LogP contribution in [-0.4, -0.2) is 45.9 Å². The van der Waals surface area contributed by atoms with E-state index >= 15 is 0 Å². The molecule has 0 unspecified atom stereocenters. The highest BCUT2D eigenvalue weighted by Crippen LogP contribution is 2.44. The molecule has 240 valence electrons. The fraction of sp³-hybridized carbons (Fsp3) is 1.00. The number of hydrogen-bond donors (Lipinski definition) is 0. The third kappa shape index (κ3) is 11.6. The van der Waals surface area contributed by atoms with Crippen LogP contribution in [0, 0.1) is 0 Å². The Kier molecular flexibility index (Phi) is 16.6. The molecule has 40 heavy (non-hydrogen) atoms. The number of hydrogen-bond acceptors (Lipinski definition) is 6. The summed E-state index contributed by atoms with van der Waals surface area (Å²) in [5, 5.41) is 0. The summed E-state index contributed by atoms with van der Waals surface area (Å²) in [6, 6.07) is 1.85. The first-order valence-electron chi connectivity index (χ1n) is 16.9. The highest BCUT2D eigenvalue weighted by molar-refractivity contribution is 6.91. The smallest absolute Gasteiger partial charge is 0.416 e. The Balaban J connectivity index is 3.95. The SMILES string of the molecule is CCCCC(CC)(CC)O[Si]1(OC(CC)(CC)CCCC)O[Si](C)(C)O[Si](C)(C)O[Si](CCCC)(CCCC)O1. The molecule has 0 N–H and O–H groups in total. The van der Waals surface area contributed by atoms with Crippen LogP contribution in [0.3, 0.4) is 0 Å². The van der Waals surface area contributed by atoms with E-state index in [0.717, 1.165) is 102 Å². The summed E-state index contributed by atoms with van der Waals surface area (Å²) in [7, 11) is -11.8. The molecule has 1 fully saturated rings. The Hall–Kier alpha value is 0.628. The maximum absolute atomic E-state index is 7.60. The van der Waals surface area contributed by atoms with Crippen LogP contribution in [0.15, 0.2) is 0 Å². The lowest BCUT2D eigenvalue weighted by molar-refractivity contribution is -0.115. The van der Waals surface area contributed by atoms with E-state index in [4.69, 9.17) is 25.3 Å². The molecular weight excluding hydrogens is 569 g/mol. The summed E-state index contributed by atoms with van der Waals surface area (Å²) in [5.74, 6) is 0. The van der Waals surface area contributed by atoms with E-state index in [0.29, 0.717) is 0 Å². The van der Waals surface area contributed by atoms with Gasteiger partial charge >= 0.3 is 34.7 Å². The van der Waals surface area contributed by atoms with Crippen LogP contribution < -0.4 is 0 Å². The van der Waals surface area contributed by atoms with Crippen molar-refractivity contribution in [2.75, 3.05) is 0 Å². The van der Waals surface area contributed by atoms with Crippen molar-refractivity contribution in [2.45, 2.75) is 195 Å². The Morgan fingerprint density at radius 1 is 0.475 bits per heavy atom. The van der Waals surface area contributed by atoms with Gasteiger partial charge in [-0.15, -0.1) is 0 Å². The van der Waals surface area contributed by atoms with Gasteiger partial charge in [0, 0.05) is 0 Å². The molecule has 1 saturated heterocycles. The van der Waals surface area contributed by atoms with Gasteiger partial charge in [0.15, 0.2) is 0 Å². The van der Waals surface area contributed by atoms with Crippen LogP contribution in [0.1, 0.15) is 145 Å². The standard InChI is InChI=1S/C30H68O6Si4/c1-13-21-25-29(17-5,18-6)31-40(32-30(19-7,20-8)26-22-14-2)35-38(11,12)33-37(9,10)34-39(36-40,27-23-15-3)28-24-16-4/h13-28H2,1-12H3. The van der Waals surface area contributed by atoms with Crippen molar-refractivity contribution >= 4 is 34.7 Å². The van der Waals surface area contributed by atoms with Crippen molar-refractivity contribution in [3.63, 3.8) is 0 Å². The zero-order chi connectivity index (χ0) is 30.6. The lowest BCUT2D eigenvalue weighted by Gasteiger charge is -2.52. The molecule has 0 aromatic heterocycles. The van der Waals surface area contributed by atoms with Crippen molar-refractivity contribution in [1.29, 1.82) is 0 Å². The quantitative estimate of drug-likeness (QED) is 0.124. The summed E-state index contributed by atoms with van der Waals surface area (Å²) in [5.41, 5.74) is -0.709. The Morgan fingerprint density at radius 3 is 1.20 bits per heavy atom. The summed E-state index contributed by atoms with van der Waals surface area (Å²) in [6.45, 7) is 26.6. The summed E-state index contributed by atoms with van der Waals surface area (Å²) >= 11 is 0. The Labute approximate surface area is 254 Å². The molecule has 0 spiro atoms. The van der Waals surface area contributed by atoms with Crippen LogP contribution in [0.5, 0.6) is 0 Å². The fourth-order valence-electron chi connectivity index (χ4n) is 6.10. The van der Waals surface area contributed by atoms with Crippen LogP contribution >= 0.6 is 0 Å². The monoisotopic (exact) mass is 636 g/mol. The molecule has 6 nitrogen and oxygen atoms in total. The molecule has 1 heterocycles. The van der Waals surface area contributed by atoms with Crippen molar-refractivity contribution < 1.29 is 25.3 Å². The van der Waals surface area contributed by atoms with E-state index in [9.17, 15) is 0 Å². The van der Waals surface area contributed by atoms with Crippen LogP contribution in [0.25, 0.3) is 0 Å². The van der Waals surface area contributed by atoms with Crippen LogP contribution in [-0.2, 0) is 25.3 Å². The molecule has 1 rings (SSSR count). The lowest BCUT2D eigenvalue weighted by atomic mass is 9.91. The van der Waals surface area contributed by atoms with Gasteiger partial charge in [-0.25, -0.2) is 0 Å². The first-order valence-corrected chi connectivity index (χ1v) is 26.4. The predicted molar refractivity (Wildman–Crippen MR) is 178 cm³/mol. The van der Waals surface area contributed by atoms with Crippen LogP contribution in [0.2, 0.25) is 38.3 Å². The van der Waals surface area contributed by atoms with Crippen molar-refractivity contribution in [3.05, 3.63) is 0 Å². The molecular formula is C30H68O6Si4. The van der Waals surface area contributed by atoms with Gasteiger partial charge in [-0.3, -0.25) is 0 Å². The van der Waals surface area contributed by atoms with E-state index in [1.165, 1.54) is 0 Å². The van der Waals surface area contributed by atoms with E-state index < -0.39 is 34.7 Å². The zero-order valence-corrected chi connectivity index (χ0v) is 32.8. The second kappa shape index (κ2) is 17.2. The zero-order valence-electron chi connectivity index (χ0n) is 28.8. The molecule has 0 atom stereocenters. The summed E-state index contributed by atoms with van der Waals surface area (Å²) in [6.07, 6.45) is 14.4. The topological polar surface area (TPSA) is 55.4 Å². The fourth-order valence-corrected chi connectivity index (χ4v) is 27.0. The summed E-state index contributed by atoms with van der Waals surface area (Å²) < 4.78 is 44.0. The van der Waals surface area contributed by atoms with Gasteiger partial charge in [0.1, 0.15) is 0 Å². The normalized spacial score (nSPS) is 20.7. The summed E-state index contributed by atoms with van der Waals surface area (Å²) in [4.78, 5) is 0. The average Bonchev–Trinajstić information content (AvgIpc) is 2.89. The number of unbranched alkanes of at least 4 members (excludes halogenated alkanes) is 4. The average molecular weight is 637 g/mol. The van der Waals surface area contributed by atoms with Crippen LogP contribution in [0.4, 0.5) is 0 Å². The minimum atomic E-state index is -3.76. The highest BCUT2D eigenvalue weighted by Gasteiger charge is 2.65. The Morgan fingerprint density at radius 2 is 0.850 bits per heavy atom. The maximum atomic E-state index is 7.60. The van der Waals surface area contributed by atoms with Gasteiger partial charge in [0.2, 0.25) is 0 Å². The molecule has 10 heteroatoms. The van der Waals surface area contributed by atoms with E-state index in [1.807, 2.05) is 0 Å². The van der Waals surface area contributed by atoms with Crippen molar-refractivity contribution in [1.82, 2.24) is 0 Å². The second-order valence-electron chi connectivity index (χ2n) is 13.0. The Bertz CT molecular complexity index is 664. The van der Waals surface area contributed by atoms with Gasteiger partial charge in [0.25, 0.3) is 0 Å². The minimum Gasteiger partial charge on any atom is -0.416 e. The predicted octanol–water partition coefficient (Wildman–Crippen LogP) is 10.5. The van der Waals surface area contributed by atoms with Gasteiger partial charge in [-0.2, -0.15) is 0 Å². The maximum Gasteiger partial charge on any atom is 0.662 e. The third-order valence-corrected chi connectivity index (χ3v) is 25.1. The second-order valence-corrected chi connectivity index (χ2v) is 26.1. The molecule has 1 aliphatic heterocycles. The molecule has 0 amide bonds. The molecule has 0 aliphatic carbocycles. The largest absolute Gasteiger partial charge is 0.662 e. The van der Waals surface area contributed by atoms with Crippen molar-refractivity contribution in [3.8, 4) is 0 Å². The van der Waals surface area contributed by atoms with E-state index in [2.05, 4.69) is 81.6 Å². The van der Waals surface area contributed by atoms with Gasteiger partial charge in [0.05, 0.1) is 11.2 Å². The van der Waals surface area contributed by atoms with E-state index in [-0.39, 0.29) is 11.2 Å². The first-order chi connectivity index (χ1) is 18.7. The highest BCUT2D eigenvalue weighted by atomic mass is 28.5. The molecule has 0 aromatic carbocycles. The molecule has 0 bridgehead atoms. The third-order valence-electron chi connectivity index (χ3n) is 8.66. The van der Waals surface area contributed by atoms with Gasteiger partial charge < -0.3 is 25.3 Å². The molecule has 0 aromatic rings. The van der Waals surface area contributed by atoms with E-state index in [1.54, 1.807) is 0 Å². The van der Waals surface area contributed by atoms with Gasteiger partial charge in [-0.1, -0.05) is 107 Å². The molecule has 1 aliphatic rings. The lowest BCUT2D eigenvalue weighted by Crippen LogP contribution is -2.72. The number of rotatable bonds is 20. The molecule has 0 radical (unpaired) electrons.